The molecule has 0 radical (unpaired) electrons. The third-order valence-electron chi connectivity index (χ3n) is 4.16. The van der Waals surface area contributed by atoms with Crippen LogP contribution in [0.3, 0.4) is 0 Å². The third-order valence-corrected chi connectivity index (χ3v) is 5.57. The fraction of sp³-hybridized carbons (Fsp3) is 0.278. The molecule has 0 aliphatic carbocycles. The lowest BCUT2D eigenvalue weighted by Gasteiger charge is -2.18. The van der Waals surface area contributed by atoms with Crippen molar-refractivity contribution in [3.05, 3.63) is 42.5 Å². The highest BCUT2D eigenvalue weighted by Crippen LogP contribution is 2.32. The molecule has 1 heterocycles. The maximum atomic E-state index is 12.9. The van der Waals surface area contributed by atoms with Crippen molar-refractivity contribution in [3.8, 4) is 11.5 Å². The number of carbonyl (C=O) groups is 1. The van der Waals surface area contributed by atoms with Crippen LogP contribution in [0.15, 0.2) is 47.4 Å². The Morgan fingerprint density at radius 2 is 1.77 bits per heavy atom. The van der Waals surface area contributed by atoms with Gasteiger partial charge in [0.15, 0.2) is 0 Å². The van der Waals surface area contributed by atoms with Crippen LogP contribution in [0.1, 0.15) is 12.8 Å². The van der Waals surface area contributed by atoms with E-state index >= 15 is 0 Å². The Morgan fingerprint density at radius 3 is 2.35 bits per heavy atom. The SMILES string of the molecule is COc1ccc(NS(=O)(=O)c2cc(N3CCCC3=O)ccc2OC)cc1. The van der Waals surface area contributed by atoms with Crippen molar-refractivity contribution < 1.29 is 22.7 Å². The third kappa shape index (κ3) is 3.60. The van der Waals surface area contributed by atoms with Crippen molar-refractivity contribution in [2.75, 3.05) is 30.4 Å². The van der Waals surface area contributed by atoms with Crippen molar-refractivity contribution in [1.29, 1.82) is 0 Å². The van der Waals surface area contributed by atoms with Crippen molar-refractivity contribution in [3.63, 3.8) is 0 Å². The summed E-state index contributed by atoms with van der Waals surface area (Å²) in [5.41, 5.74) is 0.943. The molecule has 0 saturated carbocycles. The van der Waals surface area contributed by atoms with E-state index in [0.717, 1.165) is 6.42 Å². The standard InChI is InChI=1S/C18H20N2O5S/c1-24-15-8-5-13(6-9-15)19-26(22,23)17-12-14(7-10-16(17)25-2)20-11-3-4-18(20)21/h5-10,12,19H,3-4,11H2,1-2H3. The second-order valence-corrected chi connectivity index (χ2v) is 7.47. The van der Waals surface area contributed by atoms with Gasteiger partial charge in [-0.2, -0.15) is 0 Å². The maximum Gasteiger partial charge on any atom is 0.265 e. The highest BCUT2D eigenvalue weighted by Gasteiger charge is 2.26. The van der Waals surface area contributed by atoms with Gasteiger partial charge in [-0.05, 0) is 48.9 Å². The van der Waals surface area contributed by atoms with E-state index in [4.69, 9.17) is 9.47 Å². The lowest BCUT2D eigenvalue weighted by Crippen LogP contribution is -2.24. The van der Waals surface area contributed by atoms with Gasteiger partial charge in [0.2, 0.25) is 5.91 Å². The first-order chi connectivity index (χ1) is 12.4. The zero-order valence-electron chi connectivity index (χ0n) is 14.6. The summed E-state index contributed by atoms with van der Waals surface area (Å²) in [5.74, 6) is 0.822. The number of amides is 1. The number of nitrogens with zero attached hydrogens (tertiary/aromatic N) is 1. The normalized spacial score (nSPS) is 14.4. The van der Waals surface area contributed by atoms with Crippen LogP contribution in [0.5, 0.6) is 11.5 Å². The summed E-state index contributed by atoms with van der Waals surface area (Å²) < 4.78 is 38.5. The van der Waals surface area contributed by atoms with E-state index in [1.165, 1.54) is 20.3 Å². The van der Waals surface area contributed by atoms with Crippen LogP contribution in [0.2, 0.25) is 0 Å². The average molecular weight is 376 g/mol. The lowest BCUT2D eigenvalue weighted by atomic mass is 10.3. The summed E-state index contributed by atoms with van der Waals surface area (Å²) in [5, 5.41) is 0. The summed E-state index contributed by atoms with van der Waals surface area (Å²) in [6.07, 6.45) is 1.23. The molecule has 1 amide bonds. The Labute approximate surface area is 152 Å². The molecule has 0 bridgehead atoms. The van der Waals surface area contributed by atoms with Gasteiger partial charge in [-0.15, -0.1) is 0 Å². The zero-order valence-corrected chi connectivity index (χ0v) is 15.4. The summed E-state index contributed by atoms with van der Waals surface area (Å²) in [4.78, 5) is 13.5. The van der Waals surface area contributed by atoms with E-state index in [1.54, 1.807) is 41.3 Å². The van der Waals surface area contributed by atoms with Gasteiger partial charge in [-0.25, -0.2) is 8.42 Å². The Kier molecular flexibility index (Phi) is 5.03. The molecule has 2 aromatic carbocycles. The monoisotopic (exact) mass is 376 g/mol. The molecule has 26 heavy (non-hydrogen) atoms. The van der Waals surface area contributed by atoms with Crippen LogP contribution in [0.25, 0.3) is 0 Å². The molecule has 0 aromatic heterocycles. The first kappa shape index (κ1) is 18.1. The molecule has 8 heteroatoms. The number of sulfonamides is 1. The summed E-state index contributed by atoms with van der Waals surface area (Å²) in [7, 11) is -0.957. The quantitative estimate of drug-likeness (QED) is 0.838. The van der Waals surface area contributed by atoms with E-state index in [2.05, 4.69) is 4.72 Å². The van der Waals surface area contributed by atoms with Gasteiger partial charge in [0.25, 0.3) is 10.0 Å². The lowest BCUT2D eigenvalue weighted by molar-refractivity contribution is -0.117. The molecule has 1 aliphatic rings. The number of nitrogens with one attached hydrogen (secondary N) is 1. The first-order valence-corrected chi connectivity index (χ1v) is 9.58. The van der Waals surface area contributed by atoms with E-state index in [1.807, 2.05) is 0 Å². The molecular weight excluding hydrogens is 356 g/mol. The van der Waals surface area contributed by atoms with E-state index in [-0.39, 0.29) is 16.6 Å². The predicted octanol–water partition coefficient (Wildman–Crippen LogP) is 2.63. The number of anilines is 2. The number of methoxy groups -OCH3 is 2. The Bertz CT molecular complexity index is 910. The van der Waals surface area contributed by atoms with Gasteiger partial charge in [0.05, 0.1) is 14.2 Å². The number of rotatable bonds is 6. The molecule has 1 aliphatic heterocycles. The summed E-state index contributed by atoms with van der Waals surface area (Å²) in [6.45, 7) is 0.580. The average Bonchev–Trinajstić information content (AvgIpc) is 3.07. The summed E-state index contributed by atoms with van der Waals surface area (Å²) >= 11 is 0. The zero-order chi connectivity index (χ0) is 18.7. The van der Waals surface area contributed by atoms with Crippen molar-refractivity contribution in [2.45, 2.75) is 17.7 Å². The second-order valence-electron chi connectivity index (χ2n) is 5.82. The van der Waals surface area contributed by atoms with Gasteiger partial charge in [-0.1, -0.05) is 0 Å². The number of ether oxygens (including phenoxy) is 2. The first-order valence-electron chi connectivity index (χ1n) is 8.10. The van der Waals surface area contributed by atoms with Crippen molar-refractivity contribution in [1.82, 2.24) is 0 Å². The number of hydrogen-bond donors (Lipinski definition) is 1. The van der Waals surface area contributed by atoms with Crippen LogP contribution >= 0.6 is 0 Å². The van der Waals surface area contributed by atoms with E-state index in [9.17, 15) is 13.2 Å². The van der Waals surface area contributed by atoms with Gasteiger partial charge in [0.1, 0.15) is 16.4 Å². The highest BCUT2D eigenvalue weighted by atomic mass is 32.2. The smallest absolute Gasteiger partial charge is 0.265 e. The topological polar surface area (TPSA) is 84.9 Å². The van der Waals surface area contributed by atoms with Crippen LogP contribution in [-0.2, 0) is 14.8 Å². The second kappa shape index (κ2) is 7.25. The van der Waals surface area contributed by atoms with Crippen LogP contribution in [0.4, 0.5) is 11.4 Å². The maximum absolute atomic E-state index is 12.9. The highest BCUT2D eigenvalue weighted by molar-refractivity contribution is 7.92. The molecule has 138 valence electrons. The number of hydrogen-bond acceptors (Lipinski definition) is 5. The molecular formula is C18H20N2O5S. The fourth-order valence-corrected chi connectivity index (χ4v) is 4.08. The Hall–Kier alpha value is -2.74. The summed E-state index contributed by atoms with van der Waals surface area (Å²) in [6, 6.07) is 11.3. The molecule has 0 atom stereocenters. The fourth-order valence-electron chi connectivity index (χ4n) is 2.83. The van der Waals surface area contributed by atoms with E-state index < -0.39 is 10.0 Å². The van der Waals surface area contributed by atoms with Crippen molar-refractivity contribution in [2.24, 2.45) is 0 Å². The van der Waals surface area contributed by atoms with Gasteiger partial charge < -0.3 is 14.4 Å². The number of carbonyl (C=O) groups excluding carboxylic acids is 1. The minimum Gasteiger partial charge on any atom is -0.497 e. The molecule has 0 spiro atoms. The van der Waals surface area contributed by atoms with Crippen LogP contribution in [-0.4, -0.2) is 35.1 Å². The molecule has 1 fully saturated rings. The van der Waals surface area contributed by atoms with Crippen LogP contribution in [0, 0.1) is 0 Å². The Balaban J connectivity index is 1.95. The molecule has 0 unspecified atom stereocenters. The Morgan fingerprint density at radius 1 is 1.04 bits per heavy atom. The largest absolute Gasteiger partial charge is 0.497 e. The minimum absolute atomic E-state index is 0.0124. The van der Waals surface area contributed by atoms with Crippen LogP contribution < -0.4 is 19.1 Å². The van der Waals surface area contributed by atoms with E-state index in [0.29, 0.717) is 30.1 Å². The van der Waals surface area contributed by atoms with Gasteiger partial charge >= 0.3 is 0 Å². The molecule has 3 rings (SSSR count). The predicted molar refractivity (Wildman–Crippen MR) is 98.4 cm³/mol. The van der Waals surface area contributed by atoms with Gasteiger partial charge in [0, 0.05) is 24.3 Å². The number of benzene rings is 2. The van der Waals surface area contributed by atoms with Gasteiger partial charge in [-0.3, -0.25) is 9.52 Å². The molecule has 1 saturated heterocycles. The molecule has 1 N–H and O–H groups in total. The van der Waals surface area contributed by atoms with Crippen molar-refractivity contribution >= 4 is 27.3 Å². The minimum atomic E-state index is -3.90. The molecule has 7 nitrogen and oxygen atoms in total. The molecule has 2 aromatic rings.